The summed E-state index contributed by atoms with van der Waals surface area (Å²) in [6, 6.07) is 0. The Labute approximate surface area is 434 Å². The molecule has 0 spiro atoms. The van der Waals surface area contributed by atoms with Crippen LogP contribution in [0.2, 0.25) is 0 Å². The predicted molar refractivity (Wildman–Crippen MR) is 306 cm³/mol. The summed E-state index contributed by atoms with van der Waals surface area (Å²) < 4.78 is 17.5. The second kappa shape index (κ2) is 60.1. The first kappa shape index (κ1) is 66.8. The molecule has 0 N–H and O–H groups in total. The van der Waals surface area contributed by atoms with Gasteiger partial charge in [0.25, 0.3) is 0 Å². The highest BCUT2D eigenvalue weighted by Crippen LogP contribution is 2.14. The van der Waals surface area contributed by atoms with Crippen LogP contribution < -0.4 is 0 Å². The number of esters is 2. The molecule has 0 rings (SSSR count). The van der Waals surface area contributed by atoms with Gasteiger partial charge in [-0.2, -0.15) is 0 Å². The Morgan fingerprint density at radius 1 is 0.314 bits per heavy atom. The van der Waals surface area contributed by atoms with Crippen LogP contribution in [0.1, 0.15) is 278 Å². The minimum absolute atomic E-state index is 0.0644. The van der Waals surface area contributed by atoms with E-state index in [0.717, 1.165) is 96.3 Å². The molecule has 0 fully saturated rings. The lowest BCUT2D eigenvalue weighted by molar-refractivity contribution is -0.163. The summed E-state index contributed by atoms with van der Waals surface area (Å²) in [4.78, 5) is 25.5. The van der Waals surface area contributed by atoms with Crippen molar-refractivity contribution in [1.82, 2.24) is 0 Å². The third-order valence-electron chi connectivity index (χ3n) is 12.6. The van der Waals surface area contributed by atoms with Crippen LogP contribution in [0.4, 0.5) is 0 Å². The Morgan fingerprint density at radius 3 is 0.957 bits per heavy atom. The van der Waals surface area contributed by atoms with E-state index in [4.69, 9.17) is 14.2 Å². The molecule has 5 heteroatoms. The highest BCUT2D eigenvalue weighted by Gasteiger charge is 2.17. The fourth-order valence-electron chi connectivity index (χ4n) is 8.08. The zero-order chi connectivity index (χ0) is 50.6. The number of carbonyl (C=O) groups excluding carboxylic acids is 2. The molecule has 0 aliphatic carbocycles. The Morgan fingerprint density at radius 2 is 0.600 bits per heavy atom. The largest absolute Gasteiger partial charge is 0.462 e. The summed E-state index contributed by atoms with van der Waals surface area (Å²) >= 11 is 0. The molecule has 0 saturated carbocycles. The van der Waals surface area contributed by atoms with Gasteiger partial charge in [0, 0.05) is 19.4 Å². The normalized spacial score (nSPS) is 12.9. The summed E-state index contributed by atoms with van der Waals surface area (Å²) in [6.45, 7) is 7.71. The first-order valence-corrected chi connectivity index (χ1v) is 29.8. The molecule has 0 bridgehead atoms. The lowest BCUT2D eigenvalue weighted by Crippen LogP contribution is -2.30. The van der Waals surface area contributed by atoms with E-state index < -0.39 is 6.10 Å². The molecule has 0 aliphatic heterocycles. The summed E-state index contributed by atoms with van der Waals surface area (Å²) in [7, 11) is 0. The topological polar surface area (TPSA) is 61.8 Å². The SMILES string of the molecule is CCCCC/C=C\C/C=C\C/C=C\CCCCCCCCCOCC(COC(=O)CCCCCCCC/C=C\C/C=C\C/C=C\CCCCC)OC(=O)CCCCCCC/C=C\C/C=C\CCCCC. The summed E-state index contributed by atoms with van der Waals surface area (Å²) in [6.07, 6.45) is 81.4. The summed E-state index contributed by atoms with van der Waals surface area (Å²) in [5.74, 6) is -0.431. The maximum Gasteiger partial charge on any atom is 0.306 e. The molecule has 5 nitrogen and oxygen atoms in total. The summed E-state index contributed by atoms with van der Waals surface area (Å²) in [5, 5.41) is 0. The third kappa shape index (κ3) is 57.4. The van der Waals surface area contributed by atoms with Gasteiger partial charge < -0.3 is 14.2 Å². The number of hydrogen-bond acceptors (Lipinski definition) is 5. The molecule has 0 amide bonds. The van der Waals surface area contributed by atoms with Crippen LogP contribution in [0.5, 0.6) is 0 Å². The highest BCUT2D eigenvalue weighted by atomic mass is 16.6. The van der Waals surface area contributed by atoms with Crippen molar-refractivity contribution in [3.63, 3.8) is 0 Å². The Bertz CT molecular complexity index is 1330. The van der Waals surface area contributed by atoms with Crippen LogP contribution in [0.3, 0.4) is 0 Å². The maximum absolute atomic E-state index is 12.9. The molecule has 0 saturated heterocycles. The van der Waals surface area contributed by atoms with Crippen molar-refractivity contribution < 1.29 is 23.8 Å². The Kier molecular flexibility index (Phi) is 57.4. The molecule has 402 valence electrons. The zero-order valence-electron chi connectivity index (χ0n) is 46.3. The van der Waals surface area contributed by atoms with Gasteiger partial charge in [-0.3, -0.25) is 9.59 Å². The van der Waals surface area contributed by atoms with E-state index in [2.05, 4.69) is 118 Å². The van der Waals surface area contributed by atoms with E-state index in [9.17, 15) is 9.59 Å². The van der Waals surface area contributed by atoms with Crippen molar-refractivity contribution in [1.29, 1.82) is 0 Å². The Hall–Kier alpha value is -3.18. The van der Waals surface area contributed by atoms with Gasteiger partial charge in [-0.05, 0) is 128 Å². The van der Waals surface area contributed by atoms with Gasteiger partial charge in [0.2, 0.25) is 0 Å². The van der Waals surface area contributed by atoms with Crippen LogP contribution in [0.15, 0.2) is 97.2 Å². The predicted octanol–water partition coefficient (Wildman–Crippen LogP) is 20.6. The van der Waals surface area contributed by atoms with E-state index in [-0.39, 0.29) is 25.2 Å². The molecule has 1 atom stereocenters. The van der Waals surface area contributed by atoms with E-state index in [1.54, 1.807) is 0 Å². The number of unbranched alkanes of at least 4 members (excludes halogenated alkanes) is 27. The first-order chi connectivity index (χ1) is 34.6. The van der Waals surface area contributed by atoms with Gasteiger partial charge in [-0.15, -0.1) is 0 Å². The fourth-order valence-corrected chi connectivity index (χ4v) is 8.08. The van der Waals surface area contributed by atoms with Gasteiger partial charge in [0.15, 0.2) is 6.10 Å². The number of ether oxygens (including phenoxy) is 3. The van der Waals surface area contributed by atoms with Gasteiger partial charge in [-0.25, -0.2) is 0 Å². The van der Waals surface area contributed by atoms with E-state index in [1.807, 2.05) is 0 Å². The fraction of sp³-hybridized carbons (Fsp3) is 0.723. The van der Waals surface area contributed by atoms with Crippen LogP contribution >= 0.6 is 0 Å². The van der Waals surface area contributed by atoms with Gasteiger partial charge in [0.05, 0.1) is 6.61 Å². The number of rotatable bonds is 54. The van der Waals surface area contributed by atoms with Crippen LogP contribution in [0.25, 0.3) is 0 Å². The minimum Gasteiger partial charge on any atom is -0.462 e. The standard InChI is InChI=1S/C65H112O5/c1-4-7-10-13-16-19-22-25-28-30-32-34-36-39-42-45-48-51-54-57-60-68-61-63(70-65(67)59-56-53-50-47-44-41-37-27-24-21-18-15-12-9-6-3)62-69-64(66)58-55-52-49-46-43-40-38-35-33-31-29-26-23-20-17-14-11-8-5-2/h16-21,25-29,32-35,37,63H,4-15,22-24,30-31,36,38-62H2,1-3H3/b19-16-,20-17-,21-18-,28-25-,29-26-,34-32-,35-33-,37-27-. The van der Waals surface area contributed by atoms with Crippen LogP contribution in [-0.2, 0) is 23.8 Å². The first-order valence-electron chi connectivity index (χ1n) is 29.8. The van der Waals surface area contributed by atoms with Crippen molar-refractivity contribution in [3.05, 3.63) is 97.2 Å². The minimum atomic E-state index is -0.561. The molecule has 0 radical (unpaired) electrons. The molecular formula is C65H112O5. The number of allylic oxidation sites excluding steroid dienone is 16. The average molecular weight is 974 g/mol. The number of hydrogen-bond donors (Lipinski definition) is 0. The van der Waals surface area contributed by atoms with E-state index in [0.29, 0.717) is 19.4 Å². The average Bonchev–Trinajstić information content (AvgIpc) is 3.36. The van der Waals surface area contributed by atoms with Crippen molar-refractivity contribution in [2.24, 2.45) is 0 Å². The maximum atomic E-state index is 12.9. The third-order valence-corrected chi connectivity index (χ3v) is 12.6. The van der Waals surface area contributed by atoms with Gasteiger partial charge >= 0.3 is 11.9 Å². The van der Waals surface area contributed by atoms with E-state index >= 15 is 0 Å². The lowest BCUT2D eigenvalue weighted by atomic mass is 10.1. The van der Waals surface area contributed by atoms with Gasteiger partial charge in [0.1, 0.15) is 6.61 Å². The van der Waals surface area contributed by atoms with Crippen LogP contribution in [-0.4, -0.2) is 37.9 Å². The highest BCUT2D eigenvalue weighted by molar-refractivity contribution is 5.70. The quantitative estimate of drug-likeness (QED) is 0.0345. The van der Waals surface area contributed by atoms with Crippen molar-refractivity contribution in [3.8, 4) is 0 Å². The van der Waals surface area contributed by atoms with Crippen molar-refractivity contribution >= 4 is 11.9 Å². The molecule has 1 unspecified atom stereocenters. The number of carbonyl (C=O) groups is 2. The second-order valence-electron chi connectivity index (χ2n) is 19.5. The molecule has 0 aromatic heterocycles. The molecular weight excluding hydrogens is 861 g/mol. The molecule has 70 heavy (non-hydrogen) atoms. The monoisotopic (exact) mass is 973 g/mol. The van der Waals surface area contributed by atoms with E-state index in [1.165, 1.54) is 148 Å². The zero-order valence-corrected chi connectivity index (χ0v) is 46.3. The second-order valence-corrected chi connectivity index (χ2v) is 19.5. The van der Waals surface area contributed by atoms with Crippen molar-refractivity contribution in [2.75, 3.05) is 19.8 Å². The van der Waals surface area contributed by atoms with Crippen LogP contribution in [0, 0.1) is 0 Å². The molecule has 0 aliphatic rings. The smallest absolute Gasteiger partial charge is 0.306 e. The molecule has 0 aromatic carbocycles. The molecule has 0 aromatic rings. The van der Waals surface area contributed by atoms with Crippen molar-refractivity contribution in [2.45, 2.75) is 284 Å². The van der Waals surface area contributed by atoms with Gasteiger partial charge in [-0.1, -0.05) is 234 Å². The summed E-state index contributed by atoms with van der Waals surface area (Å²) in [5.41, 5.74) is 0. The molecule has 0 heterocycles. The Balaban J connectivity index is 4.34. The lowest BCUT2D eigenvalue weighted by Gasteiger charge is -2.18.